The molecule has 0 aliphatic rings. The van der Waals surface area contributed by atoms with E-state index >= 15 is 0 Å². The molecule has 0 heteroatoms. The maximum atomic E-state index is 2.32. The van der Waals surface area contributed by atoms with Crippen molar-refractivity contribution in [2.75, 3.05) is 0 Å². The molecule has 0 saturated carbocycles. The summed E-state index contributed by atoms with van der Waals surface area (Å²) < 4.78 is 0. The molecule has 0 saturated heterocycles. The van der Waals surface area contributed by atoms with Crippen LogP contribution in [0, 0.1) is 0 Å². The molecule has 0 fully saturated rings. The first-order valence-electron chi connectivity index (χ1n) is 40.9. The Kier molecular flexibility index (Phi) is 81.0. The predicted molar refractivity (Wildman–Crippen MR) is 381 cm³/mol. The van der Waals surface area contributed by atoms with Crippen LogP contribution in [0.2, 0.25) is 0 Å². The first-order valence-corrected chi connectivity index (χ1v) is 40.9. The first kappa shape index (κ1) is 82.0. The van der Waals surface area contributed by atoms with E-state index in [1.807, 2.05) is 0 Å². The van der Waals surface area contributed by atoms with E-state index in [0.29, 0.717) is 0 Å². The van der Waals surface area contributed by atoms with Gasteiger partial charge < -0.3 is 0 Å². The van der Waals surface area contributed by atoms with Crippen molar-refractivity contribution in [3.63, 3.8) is 0 Å². The molecule has 0 aromatic heterocycles. The maximum Gasteiger partial charge on any atom is -0.0533 e. The van der Waals surface area contributed by atoms with E-state index in [9.17, 15) is 0 Å². The third kappa shape index (κ3) is 80.0. The number of unbranched alkanes of at least 4 members (excludes halogenated alkanes) is 79. The average Bonchev–Trinajstić information content (AvgIpc) is 3.48. The molecular weight excluding hydrogens is 985 g/mol. The minimum Gasteiger partial charge on any atom is -0.0654 e. The molecule has 0 aliphatic carbocycles. The highest BCUT2D eigenvalue weighted by Gasteiger charge is 2.02. The van der Waals surface area contributed by atoms with Crippen LogP contribution in [0.1, 0.15) is 528 Å². The van der Waals surface area contributed by atoms with Crippen LogP contribution in [-0.2, 0) is 0 Å². The summed E-state index contributed by atoms with van der Waals surface area (Å²) in [6, 6.07) is 0. The van der Waals surface area contributed by atoms with Crippen LogP contribution in [0.5, 0.6) is 0 Å². The van der Waals surface area contributed by atoms with E-state index in [1.165, 1.54) is 514 Å². The second-order valence-electron chi connectivity index (χ2n) is 28.6. The Morgan fingerprint density at radius 1 is 0.0610 bits per heavy atom. The van der Waals surface area contributed by atoms with Gasteiger partial charge in [0, 0.05) is 0 Å². The van der Waals surface area contributed by atoms with Gasteiger partial charge in [-0.2, -0.15) is 0 Å². The maximum absolute atomic E-state index is 2.32. The molecule has 82 heavy (non-hydrogen) atoms. The highest BCUT2D eigenvalue weighted by Crippen LogP contribution is 2.22. The largest absolute Gasteiger partial charge is 0.0654 e. The van der Waals surface area contributed by atoms with E-state index in [4.69, 9.17) is 0 Å². The van der Waals surface area contributed by atoms with Crippen LogP contribution in [0.25, 0.3) is 0 Å². The van der Waals surface area contributed by atoms with E-state index in [2.05, 4.69) is 13.8 Å². The SMILES string of the molecule is CCCCCCCCCCCCCCCCCCCCCCCCCCCCCCCCCCCCCCCCCCCCCCCCCCCCCCCCCCCCCCCCCCCCCCCCCCCCCCCCCC. The zero-order valence-corrected chi connectivity index (χ0v) is 58.6. The van der Waals surface area contributed by atoms with E-state index < -0.39 is 0 Å². The highest BCUT2D eigenvalue weighted by molar-refractivity contribution is 4.58. The summed E-state index contributed by atoms with van der Waals surface area (Å²) in [7, 11) is 0. The molecule has 0 heterocycles. The topological polar surface area (TPSA) is 0 Å². The minimum absolute atomic E-state index is 1.37. The highest BCUT2D eigenvalue weighted by atomic mass is 14.1. The van der Waals surface area contributed by atoms with Crippen molar-refractivity contribution in [1.82, 2.24) is 0 Å². The Hall–Kier alpha value is 0. The fourth-order valence-electron chi connectivity index (χ4n) is 13.9. The lowest BCUT2D eigenvalue weighted by Crippen LogP contribution is -1.85. The van der Waals surface area contributed by atoms with Gasteiger partial charge in [0.2, 0.25) is 0 Å². The summed E-state index contributed by atoms with van der Waals surface area (Å²) in [6.45, 7) is 4.63. The van der Waals surface area contributed by atoms with Crippen LogP contribution >= 0.6 is 0 Å². The van der Waals surface area contributed by atoms with E-state index in [0.717, 1.165) is 0 Å². The van der Waals surface area contributed by atoms with Crippen molar-refractivity contribution < 1.29 is 0 Å². The van der Waals surface area contributed by atoms with Crippen molar-refractivity contribution in [1.29, 1.82) is 0 Å². The predicted octanol–water partition coefficient (Wildman–Crippen LogP) is 32.2. The molecule has 494 valence electrons. The lowest BCUT2D eigenvalue weighted by molar-refractivity contribution is 0.505. The molecule has 0 aromatic rings. The standard InChI is InChI=1S/C82H166/c1-3-5-7-9-11-13-15-17-19-21-23-25-27-29-31-33-35-37-39-41-43-45-47-49-51-53-55-57-59-61-63-65-67-69-71-73-75-77-79-81-82-80-78-76-74-72-70-68-66-64-62-60-58-56-54-52-50-48-46-44-42-40-38-36-34-32-30-28-26-24-22-20-18-16-14-12-10-8-6-4-2/h3-82H2,1-2H3. The van der Waals surface area contributed by atoms with E-state index in [1.54, 1.807) is 0 Å². The molecule has 0 atom stereocenters. The molecule has 0 spiro atoms. The molecular formula is C82H166. The van der Waals surface area contributed by atoms with Crippen LogP contribution in [0.15, 0.2) is 0 Å². The molecule has 0 radical (unpaired) electrons. The fraction of sp³-hybridized carbons (Fsp3) is 1.00. The number of rotatable bonds is 79. The van der Waals surface area contributed by atoms with Crippen molar-refractivity contribution in [3.8, 4) is 0 Å². The lowest BCUT2D eigenvalue weighted by Gasteiger charge is -2.05. The molecule has 0 aliphatic heterocycles. The molecule has 0 N–H and O–H groups in total. The quantitative estimate of drug-likeness (QED) is 0.0533. The van der Waals surface area contributed by atoms with Gasteiger partial charge >= 0.3 is 0 Å². The van der Waals surface area contributed by atoms with Crippen molar-refractivity contribution in [2.45, 2.75) is 528 Å². The minimum atomic E-state index is 1.37. The Balaban J connectivity index is 3.08. The summed E-state index contributed by atoms with van der Waals surface area (Å²) in [5.41, 5.74) is 0. The third-order valence-electron chi connectivity index (χ3n) is 20.0. The van der Waals surface area contributed by atoms with Crippen molar-refractivity contribution in [2.24, 2.45) is 0 Å². The van der Waals surface area contributed by atoms with Gasteiger partial charge in [-0.25, -0.2) is 0 Å². The number of hydrogen-bond acceptors (Lipinski definition) is 0. The lowest BCUT2D eigenvalue weighted by atomic mass is 10.0. The fourth-order valence-corrected chi connectivity index (χ4v) is 13.9. The Labute approximate surface area is 524 Å². The second-order valence-corrected chi connectivity index (χ2v) is 28.6. The zero-order chi connectivity index (χ0) is 58.6. The Bertz CT molecular complexity index is 932. The number of hydrogen-bond donors (Lipinski definition) is 0. The Morgan fingerprint density at radius 2 is 0.0976 bits per heavy atom. The van der Waals surface area contributed by atoms with Gasteiger partial charge in [-0.3, -0.25) is 0 Å². The third-order valence-corrected chi connectivity index (χ3v) is 20.0. The van der Waals surface area contributed by atoms with Crippen LogP contribution in [0.3, 0.4) is 0 Å². The van der Waals surface area contributed by atoms with Gasteiger partial charge in [0.05, 0.1) is 0 Å². The summed E-state index contributed by atoms with van der Waals surface area (Å²) in [6.07, 6.45) is 119. The normalized spacial score (nSPS) is 11.8. The molecule has 0 rings (SSSR count). The second kappa shape index (κ2) is 81.0. The van der Waals surface area contributed by atoms with Crippen LogP contribution < -0.4 is 0 Å². The molecule has 0 aromatic carbocycles. The molecule has 0 amide bonds. The average molecular weight is 1150 g/mol. The van der Waals surface area contributed by atoms with Crippen LogP contribution in [0.4, 0.5) is 0 Å². The van der Waals surface area contributed by atoms with Gasteiger partial charge in [0.15, 0.2) is 0 Å². The molecule has 0 nitrogen and oxygen atoms in total. The van der Waals surface area contributed by atoms with Crippen molar-refractivity contribution >= 4 is 0 Å². The monoisotopic (exact) mass is 1150 g/mol. The van der Waals surface area contributed by atoms with Gasteiger partial charge in [-0.15, -0.1) is 0 Å². The first-order chi connectivity index (χ1) is 40.9. The van der Waals surface area contributed by atoms with Crippen LogP contribution in [-0.4, -0.2) is 0 Å². The summed E-state index contributed by atoms with van der Waals surface area (Å²) >= 11 is 0. The summed E-state index contributed by atoms with van der Waals surface area (Å²) in [4.78, 5) is 0. The van der Waals surface area contributed by atoms with Gasteiger partial charge in [0.1, 0.15) is 0 Å². The van der Waals surface area contributed by atoms with Crippen molar-refractivity contribution in [3.05, 3.63) is 0 Å². The molecule has 0 bridgehead atoms. The smallest absolute Gasteiger partial charge is 0.0533 e. The Morgan fingerprint density at radius 3 is 0.134 bits per heavy atom. The van der Waals surface area contributed by atoms with Gasteiger partial charge in [0.25, 0.3) is 0 Å². The van der Waals surface area contributed by atoms with Gasteiger partial charge in [-0.05, 0) is 0 Å². The van der Waals surface area contributed by atoms with Gasteiger partial charge in [-0.1, -0.05) is 528 Å². The summed E-state index contributed by atoms with van der Waals surface area (Å²) in [5, 5.41) is 0. The summed E-state index contributed by atoms with van der Waals surface area (Å²) in [5.74, 6) is 0. The zero-order valence-electron chi connectivity index (χ0n) is 58.6. The molecule has 0 unspecified atom stereocenters. The van der Waals surface area contributed by atoms with E-state index in [-0.39, 0.29) is 0 Å².